The van der Waals surface area contributed by atoms with Gasteiger partial charge in [0.1, 0.15) is 17.7 Å². The molecule has 0 radical (unpaired) electrons. The lowest BCUT2D eigenvalue weighted by Gasteiger charge is -2.18. The largest absolute Gasteiger partial charge is 0.493 e. The average Bonchev–Trinajstić information content (AvgIpc) is 2.45. The van der Waals surface area contributed by atoms with Gasteiger partial charge in [-0.25, -0.2) is 4.39 Å². The molecule has 1 N–H and O–H groups in total. The number of para-hydroxylation sites is 1. The Hall–Kier alpha value is -1.87. The molecular weight excluding hydrogens is 255 g/mol. The summed E-state index contributed by atoms with van der Waals surface area (Å²) in [7, 11) is 0. The van der Waals surface area contributed by atoms with Crippen LogP contribution in [0.5, 0.6) is 5.75 Å². The maximum Gasteiger partial charge on any atom is 0.125 e. The summed E-state index contributed by atoms with van der Waals surface area (Å²) in [4.78, 5) is 0. The predicted octanol–water partition coefficient (Wildman–Crippen LogP) is 4.00. The number of aryl methyl sites for hydroxylation is 1. The second-order valence-corrected chi connectivity index (χ2v) is 4.79. The van der Waals surface area contributed by atoms with Crippen molar-refractivity contribution < 1.29 is 14.2 Å². The van der Waals surface area contributed by atoms with Gasteiger partial charge in [0.05, 0.1) is 6.61 Å². The molecule has 0 saturated heterocycles. The van der Waals surface area contributed by atoms with Crippen molar-refractivity contribution in [1.82, 2.24) is 0 Å². The molecule has 0 aliphatic carbocycles. The molecule has 1 unspecified atom stereocenters. The van der Waals surface area contributed by atoms with Crippen molar-refractivity contribution in [2.24, 2.45) is 0 Å². The molecule has 2 aromatic carbocycles. The number of hydrogen-bond acceptors (Lipinski definition) is 2. The third kappa shape index (κ3) is 3.17. The van der Waals surface area contributed by atoms with E-state index < -0.39 is 6.10 Å². The summed E-state index contributed by atoms with van der Waals surface area (Å²) in [6, 6.07) is 11.8. The van der Waals surface area contributed by atoms with Gasteiger partial charge in [-0.2, -0.15) is 0 Å². The first kappa shape index (κ1) is 14.5. The molecule has 2 nitrogen and oxygen atoms in total. The van der Waals surface area contributed by atoms with Gasteiger partial charge in [0, 0.05) is 5.56 Å². The maximum atomic E-state index is 13.2. The van der Waals surface area contributed by atoms with Gasteiger partial charge in [-0.1, -0.05) is 31.2 Å². The molecule has 2 rings (SSSR count). The first-order valence-corrected chi connectivity index (χ1v) is 6.79. The lowest BCUT2D eigenvalue weighted by atomic mass is 9.97. The van der Waals surface area contributed by atoms with Crippen LogP contribution in [0, 0.1) is 12.7 Å². The maximum absolute atomic E-state index is 13.2. The molecule has 0 aromatic heterocycles. The second kappa shape index (κ2) is 6.53. The Kier molecular flexibility index (Phi) is 4.74. The molecule has 0 aliphatic heterocycles. The van der Waals surface area contributed by atoms with Crippen LogP contribution in [0.25, 0.3) is 0 Å². The quantitative estimate of drug-likeness (QED) is 0.892. The van der Waals surface area contributed by atoms with Gasteiger partial charge in [-0.3, -0.25) is 0 Å². The summed E-state index contributed by atoms with van der Waals surface area (Å²) in [5, 5.41) is 10.5. The molecule has 0 amide bonds. The fourth-order valence-electron chi connectivity index (χ4n) is 2.16. The van der Waals surface area contributed by atoms with Crippen LogP contribution in [0.1, 0.15) is 36.1 Å². The highest BCUT2D eigenvalue weighted by Crippen LogP contribution is 2.31. The van der Waals surface area contributed by atoms with Crippen LogP contribution in [0.4, 0.5) is 4.39 Å². The zero-order chi connectivity index (χ0) is 14.5. The van der Waals surface area contributed by atoms with Gasteiger partial charge in [-0.05, 0) is 42.7 Å². The third-order valence-electron chi connectivity index (χ3n) is 3.20. The smallest absolute Gasteiger partial charge is 0.125 e. The lowest BCUT2D eigenvalue weighted by molar-refractivity contribution is 0.210. The van der Waals surface area contributed by atoms with Crippen molar-refractivity contribution in [1.29, 1.82) is 0 Å². The van der Waals surface area contributed by atoms with Crippen molar-refractivity contribution >= 4 is 0 Å². The zero-order valence-corrected chi connectivity index (χ0v) is 11.8. The Balaban J connectivity index is 2.35. The fraction of sp³-hybridized carbons (Fsp3) is 0.294. The minimum absolute atomic E-state index is 0.297. The monoisotopic (exact) mass is 274 g/mol. The second-order valence-electron chi connectivity index (χ2n) is 4.79. The molecule has 2 aromatic rings. The van der Waals surface area contributed by atoms with E-state index in [9.17, 15) is 9.50 Å². The Bertz CT molecular complexity index is 581. The Morgan fingerprint density at radius 3 is 2.60 bits per heavy atom. The average molecular weight is 274 g/mol. The van der Waals surface area contributed by atoms with E-state index in [0.717, 1.165) is 12.0 Å². The number of rotatable bonds is 5. The van der Waals surface area contributed by atoms with Crippen molar-refractivity contribution in [3.63, 3.8) is 0 Å². The zero-order valence-electron chi connectivity index (χ0n) is 11.8. The van der Waals surface area contributed by atoms with E-state index in [1.165, 1.54) is 12.1 Å². The van der Waals surface area contributed by atoms with Crippen LogP contribution in [0.3, 0.4) is 0 Å². The standard InChI is InChI=1S/C17H19FO2/c1-3-10-20-16-7-5-4-6-15(16)17(19)14-9-8-13(18)11-12(14)2/h4-9,11,17,19H,3,10H2,1-2H3. The molecular formula is C17H19FO2. The normalized spacial score (nSPS) is 12.2. The van der Waals surface area contributed by atoms with Gasteiger partial charge in [0.15, 0.2) is 0 Å². The summed E-state index contributed by atoms with van der Waals surface area (Å²) in [6.45, 7) is 4.42. The molecule has 0 fully saturated rings. The number of ether oxygens (including phenoxy) is 1. The van der Waals surface area contributed by atoms with Crippen LogP contribution in [0.15, 0.2) is 42.5 Å². The first-order valence-electron chi connectivity index (χ1n) is 6.79. The first-order chi connectivity index (χ1) is 9.63. The number of halogens is 1. The summed E-state index contributed by atoms with van der Waals surface area (Å²) in [5.74, 6) is 0.375. The molecule has 106 valence electrons. The van der Waals surface area contributed by atoms with E-state index >= 15 is 0 Å². The Labute approximate surface area is 118 Å². The van der Waals surface area contributed by atoms with E-state index in [1.54, 1.807) is 13.0 Å². The van der Waals surface area contributed by atoms with Gasteiger partial charge in [0.25, 0.3) is 0 Å². The van der Waals surface area contributed by atoms with E-state index in [0.29, 0.717) is 23.5 Å². The van der Waals surface area contributed by atoms with Gasteiger partial charge in [0.2, 0.25) is 0 Å². The van der Waals surface area contributed by atoms with Crippen molar-refractivity contribution in [2.45, 2.75) is 26.4 Å². The fourth-order valence-corrected chi connectivity index (χ4v) is 2.16. The van der Waals surface area contributed by atoms with Gasteiger partial charge < -0.3 is 9.84 Å². The van der Waals surface area contributed by atoms with E-state index in [4.69, 9.17) is 4.74 Å². The number of benzene rings is 2. The SMILES string of the molecule is CCCOc1ccccc1C(O)c1ccc(F)cc1C. The van der Waals surface area contributed by atoms with Crippen LogP contribution >= 0.6 is 0 Å². The molecule has 3 heteroatoms. The molecule has 0 spiro atoms. The highest BCUT2D eigenvalue weighted by molar-refractivity contribution is 5.42. The summed E-state index contributed by atoms with van der Waals surface area (Å²) < 4.78 is 18.8. The molecule has 0 heterocycles. The molecule has 1 atom stereocenters. The summed E-state index contributed by atoms with van der Waals surface area (Å²) >= 11 is 0. The summed E-state index contributed by atoms with van der Waals surface area (Å²) in [6.07, 6.45) is 0.0867. The molecule has 0 saturated carbocycles. The van der Waals surface area contributed by atoms with Gasteiger partial charge in [-0.15, -0.1) is 0 Å². The Morgan fingerprint density at radius 1 is 1.15 bits per heavy atom. The van der Waals surface area contributed by atoms with Crippen molar-refractivity contribution in [3.8, 4) is 5.75 Å². The van der Waals surface area contributed by atoms with Gasteiger partial charge >= 0.3 is 0 Å². The number of hydrogen-bond donors (Lipinski definition) is 1. The number of aliphatic hydroxyl groups excluding tert-OH is 1. The number of aliphatic hydroxyl groups is 1. The highest BCUT2D eigenvalue weighted by atomic mass is 19.1. The van der Waals surface area contributed by atoms with Crippen LogP contribution in [-0.2, 0) is 0 Å². The third-order valence-corrected chi connectivity index (χ3v) is 3.20. The molecule has 20 heavy (non-hydrogen) atoms. The van der Waals surface area contributed by atoms with Crippen LogP contribution in [-0.4, -0.2) is 11.7 Å². The van der Waals surface area contributed by atoms with Crippen molar-refractivity contribution in [2.75, 3.05) is 6.61 Å². The van der Waals surface area contributed by atoms with Crippen LogP contribution < -0.4 is 4.74 Å². The van der Waals surface area contributed by atoms with Crippen LogP contribution in [0.2, 0.25) is 0 Å². The topological polar surface area (TPSA) is 29.5 Å². The minimum Gasteiger partial charge on any atom is -0.493 e. The minimum atomic E-state index is -0.816. The molecule has 0 aliphatic rings. The predicted molar refractivity (Wildman–Crippen MR) is 77.4 cm³/mol. The summed E-state index contributed by atoms with van der Waals surface area (Å²) in [5.41, 5.74) is 2.12. The van der Waals surface area contributed by atoms with E-state index in [-0.39, 0.29) is 5.82 Å². The molecule has 0 bridgehead atoms. The van der Waals surface area contributed by atoms with Crippen molar-refractivity contribution in [3.05, 3.63) is 65.0 Å². The van der Waals surface area contributed by atoms with E-state index in [2.05, 4.69) is 0 Å². The Morgan fingerprint density at radius 2 is 1.90 bits per heavy atom. The van der Waals surface area contributed by atoms with E-state index in [1.807, 2.05) is 31.2 Å². The lowest BCUT2D eigenvalue weighted by Crippen LogP contribution is -2.06. The highest BCUT2D eigenvalue weighted by Gasteiger charge is 2.17.